The number of nitrogens with zero attached hydrogens (tertiary/aromatic N) is 3. The molecule has 49 heavy (non-hydrogen) atoms. The van der Waals surface area contributed by atoms with Gasteiger partial charge in [-0.05, 0) is 95.5 Å². The molecule has 0 fully saturated rings. The van der Waals surface area contributed by atoms with Crippen molar-refractivity contribution in [1.29, 1.82) is 0 Å². The van der Waals surface area contributed by atoms with Crippen LogP contribution in [0.2, 0.25) is 0 Å². The van der Waals surface area contributed by atoms with Crippen LogP contribution in [0, 0.1) is 6.92 Å². The molecule has 2 aliphatic rings. The molecule has 5 heteroatoms. The van der Waals surface area contributed by atoms with Crippen LogP contribution in [0.4, 0.5) is 5.69 Å². The zero-order valence-corrected chi connectivity index (χ0v) is 30.1. The van der Waals surface area contributed by atoms with Crippen molar-refractivity contribution in [1.82, 2.24) is 9.47 Å². The summed E-state index contributed by atoms with van der Waals surface area (Å²) in [6.07, 6.45) is 9.06. The number of para-hydroxylation sites is 2. The van der Waals surface area contributed by atoms with Gasteiger partial charge in [0, 0.05) is 83.0 Å². The third-order valence-electron chi connectivity index (χ3n) is 10.5. The lowest BCUT2D eigenvalue weighted by molar-refractivity contribution is 0.0274. The molecule has 3 heterocycles. The van der Waals surface area contributed by atoms with E-state index in [2.05, 4.69) is 136 Å². The lowest BCUT2D eigenvalue weighted by Crippen LogP contribution is -2.29. The smallest absolute Gasteiger partial charge is 0.340 e. The van der Waals surface area contributed by atoms with E-state index in [1.807, 2.05) is 30.3 Å². The molecule has 0 aliphatic carbocycles. The number of rotatable bonds is 11. The van der Waals surface area contributed by atoms with Gasteiger partial charge in [-0.15, -0.1) is 0 Å². The fraction of sp³-hybridized carbons (Fsp3) is 0.295. The molecule has 1 unspecified atom stereocenters. The molecule has 1 aromatic heterocycles. The number of aromatic nitrogens is 1. The van der Waals surface area contributed by atoms with Crippen molar-refractivity contribution in [2.24, 2.45) is 0 Å². The second-order valence-electron chi connectivity index (χ2n) is 12.9. The van der Waals surface area contributed by atoms with Gasteiger partial charge in [0.1, 0.15) is 0 Å². The Balaban J connectivity index is 1.73. The van der Waals surface area contributed by atoms with E-state index in [1.165, 1.54) is 44.7 Å². The van der Waals surface area contributed by atoms with E-state index in [0.29, 0.717) is 5.56 Å². The Hall–Kier alpha value is -5.03. The van der Waals surface area contributed by atoms with Gasteiger partial charge in [0.05, 0.1) is 5.56 Å². The minimum atomic E-state index is -1.20. The number of anilines is 1. The van der Waals surface area contributed by atoms with Crippen LogP contribution in [0.5, 0.6) is 0 Å². The summed E-state index contributed by atoms with van der Waals surface area (Å²) in [7, 11) is 0. The maximum atomic E-state index is 13.8. The van der Waals surface area contributed by atoms with Crippen LogP contribution in [-0.4, -0.2) is 35.1 Å². The Morgan fingerprint density at radius 3 is 2.33 bits per heavy atom. The highest BCUT2D eigenvalue weighted by Crippen LogP contribution is 2.49. The van der Waals surface area contributed by atoms with Gasteiger partial charge in [-0.1, -0.05) is 73.3 Å². The average Bonchev–Trinajstić information content (AvgIpc) is 3.57. The first-order valence-electron chi connectivity index (χ1n) is 17.7. The van der Waals surface area contributed by atoms with Gasteiger partial charge < -0.3 is 19.1 Å². The molecular weight excluding hydrogens is 603 g/mol. The Labute approximate surface area is 292 Å². The van der Waals surface area contributed by atoms with E-state index >= 15 is 0 Å². The molecule has 1 atom stereocenters. The summed E-state index contributed by atoms with van der Waals surface area (Å²) in [5, 5.41) is 1.18. The monoisotopic (exact) mass is 651 g/mol. The molecule has 3 aromatic carbocycles. The third-order valence-corrected chi connectivity index (χ3v) is 10.5. The number of ether oxygens (including phenoxy) is 1. The van der Waals surface area contributed by atoms with Gasteiger partial charge in [0.25, 0.3) is 0 Å². The normalized spacial score (nSPS) is 18.1. The number of esters is 1. The summed E-state index contributed by atoms with van der Waals surface area (Å²) >= 11 is 0. The second kappa shape index (κ2) is 13.8. The molecule has 6 rings (SSSR count). The zero-order valence-electron chi connectivity index (χ0n) is 30.1. The lowest BCUT2D eigenvalue weighted by atomic mass is 9.78. The van der Waals surface area contributed by atoms with E-state index < -0.39 is 5.60 Å². The minimum absolute atomic E-state index is 0.328. The summed E-state index contributed by atoms with van der Waals surface area (Å²) in [6, 6.07) is 25.2. The predicted octanol–water partition coefficient (Wildman–Crippen LogP) is 10.1. The van der Waals surface area contributed by atoms with Crippen molar-refractivity contribution in [3.8, 4) is 0 Å². The maximum absolute atomic E-state index is 13.8. The summed E-state index contributed by atoms with van der Waals surface area (Å²) < 4.78 is 9.06. The highest BCUT2D eigenvalue weighted by atomic mass is 16.6. The summed E-state index contributed by atoms with van der Waals surface area (Å²) in [6.45, 7) is 23.1. The van der Waals surface area contributed by atoms with E-state index in [-0.39, 0.29) is 5.97 Å². The Morgan fingerprint density at radius 1 is 0.918 bits per heavy atom. The molecule has 0 saturated heterocycles. The quantitative estimate of drug-likeness (QED) is 0.120. The first-order valence-corrected chi connectivity index (χ1v) is 17.7. The van der Waals surface area contributed by atoms with Crippen LogP contribution < -0.4 is 4.90 Å². The molecule has 0 N–H and O–H groups in total. The van der Waals surface area contributed by atoms with Crippen molar-refractivity contribution in [2.75, 3.05) is 24.5 Å². The van der Waals surface area contributed by atoms with Gasteiger partial charge in [-0.3, -0.25) is 0 Å². The summed E-state index contributed by atoms with van der Waals surface area (Å²) in [5.74, 6) is -0.328. The highest BCUT2D eigenvalue weighted by Gasteiger charge is 2.47. The molecular formula is C44H49N3O2. The Bertz CT molecular complexity index is 2050. The van der Waals surface area contributed by atoms with Gasteiger partial charge in [-0.2, -0.15) is 0 Å². The molecule has 4 aromatic rings. The number of hydrogen-bond acceptors (Lipinski definition) is 4. The fourth-order valence-electron chi connectivity index (χ4n) is 8.00. The van der Waals surface area contributed by atoms with E-state index in [0.717, 1.165) is 55.0 Å². The second-order valence-corrected chi connectivity index (χ2v) is 12.9. The SMILES string of the molecule is C=C/C(=C\C=C(/C)N(CC)CC)C1(/C=C(\C2=C(C)N(CC)c3ccccc3C2)c2c(C)n(CC)c3ccccc23)OC(=O)c2ccccc21. The largest absolute Gasteiger partial charge is 0.441 e. The van der Waals surface area contributed by atoms with Crippen LogP contribution in [0.25, 0.3) is 16.5 Å². The van der Waals surface area contributed by atoms with Crippen molar-refractivity contribution in [3.63, 3.8) is 0 Å². The number of carbonyl (C=O) groups is 1. The van der Waals surface area contributed by atoms with E-state index in [9.17, 15) is 4.79 Å². The molecule has 5 nitrogen and oxygen atoms in total. The number of benzene rings is 3. The summed E-state index contributed by atoms with van der Waals surface area (Å²) in [4.78, 5) is 18.6. The van der Waals surface area contributed by atoms with Crippen molar-refractivity contribution in [2.45, 2.75) is 67.0 Å². The number of cyclic esters (lactones) is 1. The zero-order chi connectivity index (χ0) is 34.9. The standard InChI is InChI=1S/C44H49N3O2/c1-9-34(27-26-30(6)45(10-2)11-3)44(39-23-17-15-21-35(39)43(48)49-44)29-38(42-32(8)47(13-5)41-25-19-16-22-36(41)42)37-28-33-20-14-18-24-40(33)46(12-4)31(37)7/h9,14-27,29H,1,10-13,28H2,2-8H3/b30-26+,34-27+,38-29+. The van der Waals surface area contributed by atoms with Crippen molar-refractivity contribution in [3.05, 3.63) is 154 Å². The first-order chi connectivity index (χ1) is 23.7. The molecule has 0 spiro atoms. The molecule has 2 aliphatic heterocycles. The predicted molar refractivity (Wildman–Crippen MR) is 205 cm³/mol. The maximum Gasteiger partial charge on any atom is 0.340 e. The fourth-order valence-corrected chi connectivity index (χ4v) is 8.00. The Kier molecular flexibility index (Phi) is 9.56. The summed E-state index contributed by atoms with van der Waals surface area (Å²) in [5.41, 5.74) is 11.7. The van der Waals surface area contributed by atoms with Crippen LogP contribution in [-0.2, 0) is 23.3 Å². The Morgan fingerprint density at radius 2 is 1.61 bits per heavy atom. The van der Waals surface area contributed by atoms with Crippen LogP contribution >= 0.6 is 0 Å². The molecule has 0 radical (unpaired) electrons. The number of allylic oxidation sites excluding steroid dienone is 6. The molecule has 0 amide bonds. The van der Waals surface area contributed by atoms with E-state index in [4.69, 9.17) is 4.74 Å². The van der Waals surface area contributed by atoms with Crippen LogP contribution in [0.3, 0.4) is 0 Å². The van der Waals surface area contributed by atoms with Gasteiger partial charge in [0.15, 0.2) is 5.60 Å². The molecule has 0 bridgehead atoms. The minimum Gasteiger partial charge on any atom is -0.441 e. The number of carbonyl (C=O) groups excluding carboxylic acids is 1. The van der Waals surface area contributed by atoms with Crippen molar-refractivity contribution >= 4 is 28.1 Å². The van der Waals surface area contributed by atoms with Gasteiger partial charge in [0.2, 0.25) is 0 Å². The average molecular weight is 652 g/mol. The number of hydrogen-bond donors (Lipinski definition) is 0. The van der Waals surface area contributed by atoms with Crippen molar-refractivity contribution < 1.29 is 9.53 Å². The molecule has 0 saturated carbocycles. The van der Waals surface area contributed by atoms with Gasteiger partial charge in [-0.25, -0.2) is 4.79 Å². The van der Waals surface area contributed by atoms with Gasteiger partial charge >= 0.3 is 5.97 Å². The first kappa shape index (κ1) is 33.9. The topological polar surface area (TPSA) is 37.7 Å². The number of aryl methyl sites for hydroxylation is 1. The third kappa shape index (κ3) is 5.65. The number of fused-ring (bicyclic) bond motifs is 3. The lowest BCUT2D eigenvalue weighted by Gasteiger charge is -2.36. The highest BCUT2D eigenvalue weighted by molar-refractivity contribution is 6.02. The van der Waals surface area contributed by atoms with E-state index in [1.54, 1.807) is 0 Å². The van der Waals surface area contributed by atoms with Crippen LogP contribution in [0.15, 0.2) is 126 Å². The molecule has 252 valence electrons. The van der Waals surface area contributed by atoms with Crippen LogP contribution in [0.1, 0.15) is 74.3 Å².